The van der Waals surface area contributed by atoms with Crippen LogP contribution in [0.1, 0.15) is 19.3 Å². The first-order chi connectivity index (χ1) is 9.19. The summed E-state index contributed by atoms with van der Waals surface area (Å²) < 4.78 is 0. The number of nitrogens with zero attached hydrogens (tertiary/aromatic N) is 1. The van der Waals surface area contributed by atoms with Gasteiger partial charge in [0.05, 0.1) is 13.2 Å². The van der Waals surface area contributed by atoms with Gasteiger partial charge in [-0.25, -0.2) is 0 Å². The maximum Gasteiger partial charge on any atom is 0.238 e. The molecule has 0 aromatic heterocycles. The average Bonchev–Trinajstić information content (AvgIpc) is 2.42. The second-order valence-corrected chi connectivity index (χ2v) is 5.29. The van der Waals surface area contributed by atoms with Crippen LogP contribution in [-0.2, 0) is 4.79 Å². The highest BCUT2D eigenvalue weighted by Crippen LogP contribution is 2.17. The van der Waals surface area contributed by atoms with Crippen LogP contribution < -0.4 is 5.32 Å². The van der Waals surface area contributed by atoms with Crippen LogP contribution in [0, 0.1) is 0 Å². The Kier molecular flexibility index (Phi) is 5.19. The van der Waals surface area contributed by atoms with Gasteiger partial charge in [-0.05, 0) is 43.7 Å². The number of hydrogen-bond acceptors (Lipinski definition) is 3. The van der Waals surface area contributed by atoms with E-state index in [9.17, 15) is 9.90 Å². The van der Waals surface area contributed by atoms with Crippen molar-refractivity contribution >= 4 is 23.2 Å². The fraction of sp³-hybridized carbons (Fsp3) is 0.500. The predicted octanol–water partition coefficient (Wildman–Crippen LogP) is 2.13. The first-order valence-electron chi connectivity index (χ1n) is 6.59. The molecule has 0 bridgehead atoms. The molecule has 1 heterocycles. The minimum atomic E-state index is -0.0531. The first-order valence-corrected chi connectivity index (χ1v) is 6.97. The summed E-state index contributed by atoms with van der Waals surface area (Å²) in [6, 6.07) is 7.16. The van der Waals surface area contributed by atoms with E-state index >= 15 is 0 Å². The standard InChI is InChI=1S/C14H19ClN2O2/c15-11-4-6-12(7-5-11)16-14(19)9-17-8-2-1-3-13(17)10-18/h4-7,13,18H,1-3,8-10H2,(H,16,19). The Balaban J connectivity index is 1.88. The average molecular weight is 283 g/mol. The van der Waals surface area contributed by atoms with Crippen LogP contribution in [0.25, 0.3) is 0 Å². The largest absolute Gasteiger partial charge is 0.395 e. The molecule has 1 atom stereocenters. The Morgan fingerprint density at radius 1 is 1.37 bits per heavy atom. The molecule has 1 unspecified atom stereocenters. The molecule has 1 amide bonds. The Morgan fingerprint density at radius 3 is 2.79 bits per heavy atom. The highest BCUT2D eigenvalue weighted by atomic mass is 35.5. The van der Waals surface area contributed by atoms with E-state index in [-0.39, 0.29) is 18.6 Å². The van der Waals surface area contributed by atoms with E-state index in [2.05, 4.69) is 10.2 Å². The molecule has 0 saturated carbocycles. The van der Waals surface area contributed by atoms with Crippen molar-refractivity contribution in [1.29, 1.82) is 0 Å². The van der Waals surface area contributed by atoms with Gasteiger partial charge < -0.3 is 10.4 Å². The second-order valence-electron chi connectivity index (χ2n) is 4.86. The zero-order valence-electron chi connectivity index (χ0n) is 10.8. The van der Waals surface area contributed by atoms with E-state index < -0.39 is 0 Å². The highest BCUT2D eigenvalue weighted by molar-refractivity contribution is 6.30. The predicted molar refractivity (Wildman–Crippen MR) is 76.4 cm³/mol. The number of halogens is 1. The molecule has 19 heavy (non-hydrogen) atoms. The van der Waals surface area contributed by atoms with Crippen LogP contribution in [0.4, 0.5) is 5.69 Å². The summed E-state index contributed by atoms with van der Waals surface area (Å²) in [4.78, 5) is 14.0. The van der Waals surface area contributed by atoms with E-state index in [4.69, 9.17) is 11.6 Å². The number of benzene rings is 1. The third-order valence-electron chi connectivity index (χ3n) is 3.43. The van der Waals surface area contributed by atoms with Crippen molar-refractivity contribution in [2.24, 2.45) is 0 Å². The van der Waals surface area contributed by atoms with Gasteiger partial charge in [-0.1, -0.05) is 18.0 Å². The Labute approximate surface area is 118 Å². The molecule has 4 nitrogen and oxygen atoms in total. The van der Waals surface area contributed by atoms with Crippen molar-refractivity contribution in [2.75, 3.05) is 25.0 Å². The van der Waals surface area contributed by atoms with E-state index in [1.54, 1.807) is 24.3 Å². The van der Waals surface area contributed by atoms with E-state index in [1.807, 2.05) is 0 Å². The minimum absolute atomic E-state index is 0.0531. The van der Waals surface area contributed by atoms with Crippen molar-refractivity contribution in [2.45, 2.75) is 25.3 Å². The van der Waals surface area contributed by atoms with Gasteiger partial charge in [0.25, 0.3) is 0 Å². The number of anilines is 1. The molecule has 1 saturated heterocycles. The third-order valence-corrected chi connectivity index (χ3v) is 3.69. The maximum atomic E-state index is 12.0. The van der Waals surface area contributed by atoms with Gasteiger partial charge >= 0.3 is 0 Å². The van der Waals surface area contributed by atoms with Gasteiger partial charge in [0.1, 0.15) is 0 Å². The van der Waals surface area contributed by atoms with Crippen molar-refractivity contribution < 1.29 is 9.90 Å². The summed E-state index contributed by atoms with van der Waals surface area (Å²) in [6.07, 6.45) is 3.18. The Hall–Kier alpha value is -1.10. The van der Waals surface area contributed by atoms with Crippen molar-refractivity contribution in [3.63, 3.8) is 0 Å². The first kappa shape index (κ1) is 14.3. The van der Waals surface area contributed by atoms with Gasteiger partial charge in [0, 0.05) is 16.8 Å². The topological polar surface area (TPSA) is 52.6 Å². The molecule has 0 radical (unpaired) electrons. The number of hydrogen-bond donors (Lipinski definition) is 2. The minimum Gasteiger partial charge on any atom is -0.395 e. The lowest BCUT2D eigenvalue weighted by Gasteiger charge is -2.33. The van der Waals surface area contributed by atoms with Crippen molar-refractivity contribution in [3.8, 4) is 0 Å². The number of aliphatic hydroxyl groups excluding tert-OH is 1. The zero-order valence-corrected chi connectivity index (χ0v) is 11.6. The van der Waals surface area contributed by atoms with Gasteiger partial charge in [-0.3, -0.25) is 9.69 Å². The fourth-order valence-electron chi connectivity index (χ4n) is 2.39. The van der Waals surface area contributed by atoms with E-state index in [0.29, 0.717) is 11.6 Å². The number of carbonyl (C=O) groups is 1. The van der Waals surface area contributed by atoms with Crippen LogP contribution in [0.3, 0.4) is 0 Å². The number of nitrogens with one attached hydrogen (secondary N) is 1. The molecule has 2 N–H and O–H groups in total. The van der Waals surface area contributed by atoms with Crippen LogP contribution in [0.5, 0.6) is 0 Å². The lowest BCUT2D eigenvalue weighted by Crippen LogP contribution is -2.45. The lowest BCUT2D eigenvalue weighted by atomic mass is 10.0. The van der Waals surface area contributed by atoms with Crippen molar-refractivity contribution in [3.05, 3.63) is 29.3 Å². The number of carbonyl (C=O) groups excluding carboxylic acids is 1. The number of aliphatic hydroxyl groups is 1. The van der Waals surface area contributed by atoms with E-state index in [1.165, 1.54) is 0 Å². The van der Waals surface area contributed by atoms with Crippen molar-refractivity contribution in [1.82, 2.24) is 4.90 Å². The number of likely N-dealkylation sites (tertiary alicyclic amines) is 1. The molecule has 1 aromatic rings. The molecule has 104 valence electrons. The summed E-state index contributed by atoms with van der Waals surface area (Å²) in [7, 11) is 0. The molecule has 2 rings (SSSR count). The van der Waals surface area contributed by atoms with Crippen LogP contribution in [-0.4, -0.2) is 41.7 Å². The van der Waals surface area contributed by atoms with Crippen LogP contribution in [0.15, 0.2) is 24.3 Å². The van der Waals surface area contributed by atoms with E-state index in [0.717, 1.165) is 31.5 Å². The number of rotatable bonds is 4. The molecule has 5 heteroatoms. The smallest absolute Gasteiger partial charge is 0.238 e. The zero-order chi connectivity index (χ0) is 13.7. The van der Waals surface area contributed by atoms with Gasteiger partial charge in [0.2, 0.25) is 5.91 Å². The Morgan fingerprint density at radius 2 is 2.11 bits per heavy atom. The molecule has 1 fully saturated rings. The quantitative estimate of drug-likeness (QED) is 0.889. The monoisotopic (exact) mass is 282 g/mol. The highest BCUT2D eigenvalue weighted by Gasteiger charge is 2.23. The molecule has 1 aliphatic rings. The lowest BCUT2D eigenvalue weighted by molar-refractivity contribution is -0.118. The van der Waals surface area contributed by atoms with Gasteiger partial charge in [-0.15, -0.1) is 0 Å². The molecule has 1 aliphatic heterocycles. The molecule has 0 aliphatic carbocycles. The summed E-state index contributed by atoms with van der Waals surface area (Å²) >= 11 is 5.79. The fourth-order valence-corrected chi connectivity index (χ4v) is 2.52. The number of piperidine rings is 1. The third kappa shape index (κ3) is 4.20. The van der Waals surface area contributed by atoms with Gasteiger partial charge in [0.15, 0.2) is 0 Å². The molecule has 1 aromatic carbocycles. The van der Waals surface area contributed by atoms with Crippen LogP contribution in [0.2, 0.25) is 5.02 Å². The number of amides is 1. The molecular weight excluding hydrogens is 264 g/mol. The molecular formula is C14H19ClN2O2. The summed E-state index contributed by atoms with van der Waals surface area (Å²) in [5.74, 6) is -0.0531. The normalized spacial score (nSPS) is 20.2. The maximum absolute atomic E-state index is 12.0. The Bertz CT molecular complexity index is 422. The van der Waals surface area contributed by atoms with Crippen LogP contribution >= 0.6 is 11.6 Å². The van der Waals surface area contributed by atoms with Gasteiger partial charge in [-0.2, -0.15) is 0 Å². The summed E-state index contributed by atoms with van der Waals surface area (Å²) in [6.45, 7) is 1.32. The molecule has 0 spiro atoms. The SMILES string of the molecule is O=C(CN1CCCCC1CO)Nc1ccc(Cl)cc1. The second kappa shape index (κ2) is 6.89. The summed E-state index contributed by atoms with van der Waals surface area (Å²) in [5.41, 5.74) is 0.743. The summed E-state index contributed by atoms with van der Waals surface area (Å²) in [5, 5.41) is 12.8.